The number of carbonyl (C=O) groups is 2. The first kappa shape index (κ1) is 23.9. The van der Waals surface area contributed by atoms with Gasteiger partial charge in [-0.15, -0.1) is 12.4 Å². The van der Waals surface area contributed by atoms with Crippen molar-refractivity contribution < 1.29 is 9.59 Å². The van der Waals surface area contributed by atoms with Crippen molar-refractivity contribution in [3.05, 3.63) is 71.3 Å². The van der Waals surface area contributed by atoms with Crippen LogP contribution in [0.25, 0.3) is 0 Å². The maximum Gasteiger partial charge on any atom is 0.246 e. The summed E-state index contributed by atoms with van der Waals surface area (Å²) in [6, 6.07) is 17.4. The molecule has 0 bridgehead atoms. The minimum Gasteiger partial charge on any atom is -0.357 e. The monoisotopic (exact) mass is 430 g/mol. The molecule has 30 heavy (non-hydrogen) atoms. The molecule has 1 heterocycles. The fourth-order valence-corrected chi connectivity index (χ4v) is 3.72. The van der Waals surface area contributed by atoms with Crippen molar-refractivity contribution in [1.29, 1.82) is 0 Å². The average molecular weight is 431 g/mol. The molecular weight excluding hydrogens is 400 g/mol. The first-order valence-corrected chi connectivity index (χ1v) is 10.2. The van der Waals surface area contributed by atoms with Crippen LogP contribution in [-0.4, -0.2) is 49.9 Å². The number of piperazine rings is 1. The van der Waals surface area contributed by atoms with Crippen LogP contribution in [0.1, 0.15) is 35.7 Å². The van der Waals surface area contributed by atoms with Crippen LogP contribution in [0.5, 0.6) is 0 Å². The molecule has 0 radical (unpaired) electrons. The molecular formula is C23H31ClN4O2. The molecule has 0 saturated carbocycles. The van der Waals surface area contributed by atoms with E-state index in [4.69, 9.17) is 0 Å². The van der Waals surface area contributed by atoms with Crippen molar-refractivity contribution in [2.24, 2.45) is 0 Å². The van der Waals surface area contributed by atoms with E-state index in [1.54, 1.807) is 7.05 Å². The van der Waals surface area contributed by atoms with Crippen LogP contribution in [0, 0.1) is 0 Å². The van der Waals surface area contributed by atoms with E-state index >= 15 is 0 Å². The van der Waals surface area contributed by atoms with Gasteiger partial charge in [-0.3, -0.25) is 14.5 Å². The minimum atomic E-state index is -0.695. The zero-order valence-corrected chi connectivity index (χ0v) is 18.4. The molecule has 7 heteroatoms. The molecule has 2 aromatic rings. The predicted molar refractivity (Wildman–Crippen MR) is 122 cm³/mol. The molecule has 3 N–H and O–H groups in total. The summed E-state index contributed by atoms with van der Waals surface area (Å²) < 4.78 is 0. The third-order valence-electron chi connectivity index (χ3n) is 5.42. The highest BCUT2D eigenvalue weighted by molar-refractivity contribution is 5.89. The van der Waals surface area contributed by atoms with Crippen LogP contribution in [-0.2, 0) is 16.0 Å². The quantitative estimate of drug-likeness (QED) is 0.629. The van der Waals surface area contributed by atoms with Gasteiger partial charge in [0.05, 0.1) is 6.54 Å². The van der Waals surface area contributed by atoms with Gasteiger partial charge in [0.2, 0.25) is 11.8 Å². The Balaban J connectivity index is 0.00000320. The lowest BCUT2D eigenvalue weighted by Crippen LogP contribution is -2.50. The lowest BCUT2D eigenvalue weighted by Gasteiger charge is -2.36. The van der Waals surface area contributed by atoms with Gasteiger partial charge in [0, 0.05) is 32.7 Å². The molecule has 1 fully saturated rings. The van der Waals surface area contributed by atoms with Gasteiger partial charge in [-0.05, 0) is 23.1 Å². The Morgan fingerprint density at radius 1 is 1.13 bits per heavy atom. The average Bonchev–Trinajstić information content (AvgIpc) is 2.78. The van der Waals surface area contributed by atoms with Gasteiger partial charge in [-0.1, -0.05) is 61.5 Å². The van der Waals surface area contributed by atoms with Crippen molar-refractivity contribution in [3.8, 4) is 0 Å². The lowest BCUT2D eigenvalue weighted by atomic mass is 10.0. The summed E-state index contributed by atoms with van der Waals surface area (Å²) in [6.45, 7) is 4.82. The number of carbonyl (C=O) groups excluding carboxylic acids is 2. The lowest BCUT2D eigenvalue weighted by molar-refractivity contribution is -0.129. The SMILES string of the molecule is CCc1ccc(C2CNCCN2CC(=O)NC(C(=O)NC)c2ccccc2)cc1.Cl. The van der Waals surface area contributed by atoms with Crippen molar-refractivity contribution >= 4 is 24.2 Å². The topological polar surface area (TPSA) is 73.5 Å². The van der Waals surface area contributed by atoms with Crippen LogP contribution in [0.15, 0.2) is 54.6 Å². The van der Waals surface area contributed by atoms with E-state index in [0.29, 0.717) is 0 Å². The fraction of sp³-hybridized carbons (Fsp3) is 0.391. The number of nitrogens with one attached hydrogen (secondary N) is 3. The molecule has 162 valence electrons. The Hall–Kier alpha value is -2.41. The van der Waals surface area contributed by atoms with Crippen LogP contribution in [0.2, 0.25) is 0 Å². The van der Waals surface area contributed by atoms with Crippen molar-refractivity contribution in [1.82, 2.24) is 20.9 Å². The number of halogens is 1. The van der Waals surface area contributed by atoms with Gasteiger partial charge in [0.25, 0.3) is 0 Å². The van der Waals surface area contributed by atoms with Crippen molar-refractivity contribution in [3.63, 3.8) is 0 Å². The fourth-order valence-electron chi connectivity index (χ4n) is 3.72. The molecule has 6 nitrogen and oxygen atoms in total. The maximum atomic E-state index is 12.8. The maximum absolute atomic E-state index is 12.8. The molecule has 1 aliphatic rings. The van der Waals surface area contributed by atoms with Crippen LogP contribution < -0.4 is 16.0 Å². The summed E-state index contributed by atoms with van der Waals surface area (Å²) in [4.78, 5) is 27.4. The third-order valence-corrected chi connectivity index (χ3v) is 5.42. The smallest absolute Gasteiger partial charge is 0.246 e. The van der Waals surface area contributed by atoms with E-state index in [9.17, 15) is 9.59 Å². The molecule has 2 atom stereocenters. The molecule has 2 amide bonds. The number of hydrogen-bond donors (Lipinski definition) is 3. The van der Waals surface area contributed by atoms with Gasteiger partial charge in [-0.25, -0.2) is 0 Å². The van der Waals surface area contributed by atoms with E-state index in [1.807, 2.05) is 30.3 Å². The molecule has 0 aliphatic carbocycles. The molecule has 1 aliphatic heterocycles. The standard InChI is InChI=1S/C23H30N4O2.ClH/c1-3-17-9-11-18(12-10-17)20-15-25-13-14-27(20)16-21(28)26-22(23(29)24-2)19-7-5-4-6-8-19;/h4-12,20,22,25H,3,13-16H2,1-2H3,(H,24,29)(H,26,28);1H. The highest BCUT2D eigenvalue weighted by Crippen LogP contribution is 2.23. The van der Waals surface area contributed by atoms with E-state index in [0.717, 1.165) is 31.6 Å². The number of nitrogens with zero attached hydrogens (tertiary/aromatic N) is 1. The normalized spacial score (nSPS) is 17.5. The third kappa shape index (κ3) is 6.05. The Morgan fingerprint density at radius 3 is 2.47 bits per heavy atom. The second-order valence-electron chi connectivity index (χ2n) is 7.31. The van der Waals surface area contributed by atoms with Gasteiger partial charge in [0.1, 0.15) is 6.04 Å². The van der Waals surface area contributed by atoms with Gasteiger partial charge >= 0.3 is 0 Å². The summed E-state index contributed by atoms with van der Waals surface area (Å²) in [5.74, 6) is -0.379. The van der Waals surface area contributed by atoms with Crippen molar-refractivity contribution in [2.45, 2.75) is 25.4 Å². The Labute approximate surface area is 184 Å². The molecule has 0 spiro atoms. The Kier molecular flexibility index (Phi) is 9.30. The van der Waals surface area contributed by atoms with Gasteiger partial charge in [0.15, 0.2) is 0 Å². The predicted octanol–water partition coefficient (Wildman–Crippen LogP) is 2.22. The van der Waals surface area contributed by atoms with Crippen LogP contribution >= 0.6 is 12.4 Å². The van der Waals surface area contributed by atoms with E-state index in [-0.39, 0.29) is 36.8 Å². The summed E-state index contributed by atoms with van der Waals surface area (Å²) in [7, 11) is 1.58. The Morgan fingerprint density at radius 2 is 1.83 bits per heavy atom. The second-order valence-corrected chi connectivity index (χ2v) is 7.31. The highest BCUT2D eigenvalue weighted by atomic mass is 35.5. The molecule has 2 aromatic carbocycles. The summed E-state index contributed by atoms with van der Waals surface area (Å²) in [5.41, 5.74) is 3.28. The van der Waals surface area contributed by atoms with Crippen LogP contribution in [0.3, 0.4) is 0 Å². The number of hydrogen-bond acceptors (Lipinski definition) is 4. The van der Waals surface area contributed by atoms with E-state index < -0.39 is 6.04 Å². The molecule has 0 aromatic heterocycles. The summed E-state index contributed by atoms with van der Waals surface area (Å²) >= 11 is 0. The zero-order valence-electron chi connectivity index (χ0n) is 17.6. The number of amides is 2. The highest BCUT2D eigenvalue weighted by Gasteiger charge is 2.28. The van der Waals surface area contributed by atoms with E-state index in [2.05, 4.69) is 52.0 Å². The minimum absolute atomic E-state index is 0. The first-order chi connectivity index (χ1) is 14.1. The number of likely N-dealkylation sites (N-methyl/N-ethyl adjacent to an activating group) is 1. The van der Waals surface area contributed by atoms with E-state index in [1.165, 1.54) is 11.1 Å². The largest absolute Gasteiger partial charge is 0.357 e. The van der Waals surface area contributed by atoms with Gasteiger partial charge in [-0.2, -0.15) is 0 Å². The van der Waals surface area contributed by atoms with Gasteiger partial charge < -0.3 is 16.0 Å². The van der Waals surface area contributed by atoms with Crippen LogP contribution in [0.4, 0.5) is 0 Å². The zero-order chi connectivity index (χ0) is 20.6. The number of rotatable bonds is 7. The van der Waals surface area contributed by atoms with Crippen molar-refractivity contribution in [2.75, 3.05) is 33.2 Å². The molecule has 2 unspecified atom stereocenters. The summed E-state index contributed by atoms with van der Waals surface area (Å²) in [5, 5.41) is 8.97. The number of aryl methyl sites for hydroxylation is 1. The molecule has 1 saturated heterocycles. The first-order valence-electron chi connectivity index (χ1n) is 10.2. The Bertz CT molecular complexity index is 814. The summed E-state index contributed by atoms with van der Waals surface area (Å²) in [6.07, 6.45) is 1.01. The number of benzene rings is 2. The molecule has 3 rings (SSSR count). The second kappa shape index (κ2) is 11.7.